The van der Waals surface area contributed by atoms with Crippen LogP contribution in [0.3, 0.4) is 0 Å². The lowest BCUT2D eigenvalue weighted by atomic mass is 9.85. The zero-order chi connectivity index (χ0) is 12.7. The number of likely N-dealkylation sites (tertiary alicyclic amines) is 1. The topological polar surface area (TPSA) is 66.1 Å². The van der Waals surface area contributed by atoms with Crippen LogP contribution in [0.15, 0.2) is 18.3 Å². The standard InChI is InChI=1S/C13H15N3O2/c1-8-9(6-14-15-8)7-16-12(17)10-4-2-3-5-11(10)13(16)18/h2-3,6,10-11H,4-5,7H2,1H3,(H,14,15)/t10-,11+. The predicted octanol–water partition coefficient (Wildman–Crippen LogP) is 1.17. The molecule has 2 heterocycles. The van der Waals surface area contributed by atoms with Crippen molar-refractivity contribution < 1.29 is 9.59 Å². The molecule has 1 saturated heterocycles. The highest BCUT2D eigenvalue weighted by Crippen LogP contribution is 2.35. The molecule has 1 aromatic heterocycles. The minimum absolute atomic E-state index is 0.0325. The summed E-state index contributed by atoms with van der Waals surface area (Å²) in [7, 11) is 0. The monoisotopic (exact) mass is 245 g/mol. The number of carbonyl (C=O) groups excluding carboxylic acids is 2. The quantitative estimate of drug-likeness (QED) is 0.628. The number of fused-ring (bicyclic) bond motifs is 1. The lowest BCUT2D eigenvalue weighted by Crippen LogP contribution is -2.30. The van der Waals surface area contributed by atoms with E-state index in [-0.39, 0.29) is 23.7 Å². The second kappa shape index (κ2) is 4.08. The second-order valence-corrected chi connectivity index (χ2v) is 4.94. The van der Waals surface area contributed by atoms with Gasteiger partial charge in [0.05, 0.1) is 24.6 Å². The van der Waals surface area contributed by atoms with Gasteiger partial charge in [-0.3, -0.25) is 19.6 Å². The summed E-state index contributed by atoms with van der Waals surface area (Å²) in [6, 6.07) is 0. The molecule has 94 valence electrons. The molecule has 0 spiro atoms. The number of aryl methyl sites for hydroxylation is 1. The number of nitrogens with zero attached hydrogens (tertiary/aromatic N) is 2. The maximum atomic E-state index is 12.2. The molecule has 0 bridgehead atoms. The Morgan fingerprint density at radius 3 is 2.39 bits per heavy atom. The van der Waals surface area contributed by atoms with Gasteiger partial charge >= 0.3 is 0 Å². The number of hydrogen-bond donors (Lipinski definition) is 1. The van der Waals surface area contributed by atoms with Gasteiger partial charge in [-0.25, -0.2) is 0 Å². The van der Waals surface area contributed by atoms with Crippen LogP contribution in [0.2, 0.25) is 0 Å². The number of hydrogen-bond acceptors (Lipinski definition) is 3. The summed E-state index contributed by atoms with van der Waals surface area (Å²) in [4.78, 5) is 25.8. The van der Waals surface area contributed by atoms with Gasteiger partial charge in [-0.2, -0.15) is 5.10 Å². The molecule has 2 atom stereocenters. The fourth-order valence-corrected chi connectivity index (χ4v) is 2.73. The molecule has 5 nitrogen and oxygen atoms in total. The average molecular weight is 245 g/mol. The lowest BCUT2D eigenvalue weighted by Gasteiger charge is -2.14. The van der Waals surface area contributed by atoms with Crippen molar-refractivity contribution in [3.8, 4) is 0 Å². The molecule has 18 heavy (non-hydrogen) atoms. The van der Waals surface area contributed by atoms with E-state index in [1.54, 1.807) is 6.20 Å². The Morgan fingerprint density at radius 1 is 1.28 bits per heavy atom. The number of amides is 2. The first-order valence-electron chi connectivity index (χ1n) is 6.17. The number of aromatic nitrogens is 2. The minimum atomic E-state index is -0.144. The van der Waals surface area contributed by atoms with Crippen molar-refractivity contribution in [3.63, 3.8) is 0 Å². The summed E-state index contributed by atoms with van der Waals surface area (Å²) in [5.41, 5.74) is 1.81. The van der Waals surface area contributed by atoms with Crippen LogP contribution in [0.4, 0.5) is 0 Å². The Labute approximate surface area is 105 Å². The van der Waals surface area contributed by atoms with Gasteiger partial charge in [0.25, 0.3) is 0 Å². The summed E-state index contributed by atoms with van der Waals surface area (Å²) >= 11 is 0. The molecule has 0 radical (unpaired) electrons. The smallest absolute Gasteiger partial charge is 0.233 e. The van der Waals surface area contributed by atoms with Crippen LogP contribution in [0.1, 0.15) is 24.1 Å². The molecular weight excluding hydrogens is 230 g/mol. The average Bonchev–Trinajstić information content (AvgIpc) is 2.89. The van der Waals surface area contributed by atoms with Gasteiger partial charge < -0.3 is 0 Å². The molecule has 3 rings (SSSR count). The van der Waals surface area contributed by atoms with Gasteiger partial charge in [-0.15, -0.1) is 0 Å². The van der Waals surface area contributed by atoms with E-state index in [0.29, 0.717) is 19.4 Å². The first-order chi connectivity index (χ1) is 8.68. The van der Waals surface area contributed by atoms with Gasteiger partial charge in [0.15, 0.2) is 0 Å². The van der Waals surface area contributed by atoms with Crippen LogP contribution in [0.5, 0.6) is 0 Å². The van der Waals surface area contributed by atoms with Crippen molar-refractivity contribution in [3.05, 3.63) is 29.6 Å². The van der Waals surface area contributed by atoms with Crippen LogP contribution in [0.25, 0.3) is 0 Å². The summed E-state index contributed by atoms with van der Waals surface area (Å²) in [5.74, 6) is -0.352. The Morgan fingerprint density at radius 2 is 1.89 bits per heavy atom. The molecule has 2 aliphatic rings. The highest BCUT2D eigenvalue weighted by Gasteiger charge is 2.47. The molecule has 1 N–H and O–H groups in total. The summed E-state index contributed by atoms with van der Waals surface area (Å²) in [6.07, 6.45) is 7.06. The van der Waals surface area contributed by atoms with Crippen LogP contribution in [-0.4, -0.2) is 26.9 Å². The molecule has 0 aromatic carbocycles. The third-order valence-electron chi connectivity index (χ3n) is 3.86. The molecule has 5 heteroatoms. The van der Waals surface area contributed by atoms with E-state index in [2.05, 4.69) is 10.2 Å². The molecule has 1 fully saturated rings. The fourth-order valence-electron chi connectivity index (χ4n) is 2.73. The van der Waals surface area contributed by atoms with Crippen molar-refractivity contribution in [2.24, 2.45) is 11.8 Å². The highest BCUT2D eigenvalue weighted by molar-refractivity contribution is 6.05. The Bertz CT molecular complexity index is 506. The Balaban J connectivity index is 1.84. The molecule has 1 aromatic rings. The Hall–Kier alpha value is -1.91. The second-order valence-electron chi connectivity index (χ2n) is 4.94. The molecule has 0 saturated carbocycles. The van der Waals surface area contributed by atoms with Crippen LogP contribution < -0.4 is 0 Å². The number of carbonyl (C=O) groups is 2. The van der Waals surface area contributed by atoms with E-state index in [1.165, 1.54) is 4.90 Å². The fraction of sp³-hybridized carbons (Fsp3) is 0.462. The normalized spacial score (nSPS) is 26.8. The number of H-pyrrole nitrogens is 1. The van der Waals surface area contributed by atoms with Gasteiger partial charge in [0.1, 0.15) is 0 Å². The van der Waals surface area contributed by atoms with Crippen LogP contribution >= 0.6 is 0 Å². The molecular formula is C13H15N3O2. The lowest BCUT2D eigenvalue weighted by molar-refractivity contribution is -0.140. The molecule has 1 aliphatic heterocycles. The van der Waals surface area contributed by atoms with Crippen molar-refractivity contribution in [1.29, 1.82) is 0 Å². The minimum Gasteiger partial charge on any atom is -0.283 e. The van der Waals surface area contributed by atoms with Gasteiger partial charge in [-0.1, -0.05) is 12.2 Å². The van der Waals surface area contributed by atoms with E-state index in [0.717, 1.165) is 11.3 Å². The van der Waals surface area contributed by atoms with E-state index in [1.807, 2.05) is 19.1 Å². The zero-order valence-corrected chi connectivity index (χ0v) is 10.2. The third kappa shape index (κ3) is 1.58. The van der Waals surface area contributed by atoms with Crippen molar-refractivity contribution in [2.45, 2.75) is 26.3 Å². The van der Waals surface area contributed by atoms with E-state index < -0.39 is 0 Å². The van der Waals surface area contributed by atoms with Crippen molar-refractivity contribution in [2.75, 3.05) is 0 Å². The van der Waals surface area contributed by atoms with Gasteiger partial charge in [0.2, 0.25) is 11.8 Å². The maximum absolute atomic E-state index is 12.2. The number of rotatable bonds is 2. The van der Waals surface area contributed by atoms with Gasteiger partial charge in [-0.05, 0) is 19.8 Å². The summed E-state index contributed by atoms with van der Waals surface area (Å²) in [5, 5.41) is 6.74. The van der Waals surface area contributed by atoms with Crippen molar-refractivity contribution in [1.82, 2.24) is 15.1 Å². The highest BCUT2D eigenvalue weighted by atomic mass is 16.2. The first-order valence-corrected chi connectivity index (χ1v) is 6.17. The third-order valence-corrected chi connectivity index (χ3v) is 3.86. The number of aromatic amines is 1. The molecule has 1 aliphatic carbocycles. The number of imide groups is 1. The summed E-state index contributed by atoms with van der Waals surface area (Å²) in [6.45, 7) is 2.23. The zero-order valence-electron chi connectivity index (χ0n) is 10.2. The molecule has 0 unspecified atom stereocenters. The van der Waals surface area contributed by atoms with E-state index in [4.69, 9.17) is 0 Å². The first kappa shape index (κ1) is 11.2. The van der Waals surface area contributed by atoms with Gasteiger partial charge in [0, 0.05) is 11.3 Å². The number of nitrogens with one attached hydrogen (secondary N) is 1. The maximum Gasteiger partial charge on any atom is 0.233 e. The van der Waals surface area contributed by atoms with E-state index >= 15 is 0 Å². The van der Waals surface area contributed by atoms with Crippen LogP contribution in [-0.2, 0) is 16.1 Å². The SMILES string of the molecule is Cc1[nH]ncc1CN1C(=O)[C@H]2CC=CC[C@H]2C1=O. The van der Waals surface area contributed by atoms with Crippen molar-refractivity contribution >= 4 is 11.8 Å². The predicted molar refractivity (Wildman–Crippen MR) is 64.2 cm³/mol. The largest absolute Gasteiger partial charge is 0.283 e. The van der Waals surface area contributed by atoms with E-state index in [9.17, 15) is 9.59 Å². The molecule has 2 amide bonds. The van der Waals surface area contributed by atoms with Crippen LogP contribution in [0, 0.1) is 18.8 Å². The Kier molecular flexibility index (Phi) is 2.54. The number of allylic oxidation sites excluding steroid dienone is 2. The summed E-state index contributed by atoms with van der Waals surface area (Å²) < 4.78 is 0.